The molecule has 0 aliphatic rings. The second kappa shape index (κ2) is 6.05. The Labute approximate surface area is 123 Å². The summed E-state index contributed by atoms with van der Waals surface area (Å²) in [4.78, 5) is 12.0. The molecule has 0 aliphatic carbocycles. The van der Waals surface area contributed by atoms with Crippen molar-refractivity contribution >= 4 is 11.6 Å². The number of carbonyl (C=O) groups excluding carboxylic acids is 1. The molecule has 3 nitrogen and oxygen atoms in total. The molecule has 2 aromatic rings. The number of anilines is 1. The molecule has 0 saturated heterocycles. The maximum Gasteiger partial charge on any atom is 0.417 e. The van der Waals surface area contributed by atoms with E-state index in [4.69, 9.17) is 4.74 Å². The quantitative estimate of drug-likeness (QED) is 0.866. The van der Waals surface area contributed by atoms with Gasteiger partial charge < -0.3 is 10.1 Å². The van der Waals surface area contributed by atoms with E-state index >= 15 is 0 Å². The lowest BCUT2D eigenvalue weighted by Gasteiger charge is -2.13. The first-order chi connectivity index (χ1) is 10.3. The third-order valence-corrected chi connectivity index (χ3v) is 2.89. The zero-order valence-corrected chi connectivity index (χ0v) is 11.4. The van der Waals surface area contributed by atoms with Gasteiger partial charge in [-0.3, -0.25) is 4.79 Å². The van der Waals surface area contributed by atoms with E-state index < -0.39 is 29.0 Å². The molecule has 0 aliphatic heterocycles. The Morgan fingerprint density at radius 3 is 2.27 bits per heavy atom. The fraction of sp³-hybridized carbons (Fsp3) is 0.133. The summed E-state index contributed by atoms with van der Waals surface area (Å²) in [5.74, 6) is -1.89. The molecule has 1 N–H and O–H groups in total. The maximum absolute atomic E-state index is 13.7. The normalized spacial score (nSPS) is 11.1. The summed E-state index contributed by atoms with van der Waals surface area (Å²) in [5, 5.41) is 2.23. The summed E-state index contributed by atoms with van der Waals surface area (Å²) in [7, 11) is 1.45. The summed E-state index contributed by atoms with van der Waals surface area (Å²) in [6.07, 6.45) is -4.82. The van der Waals surface area contributed by atoms with Crippen LogP contribution in [0.5, 0.6) is 5.75 Å². The molecule has 1 amide bonds. The molecule has 0 spiro atoms. The van der Waals surface area contributed by atoms with Crippen LogP contribution in [-0.4, -0.2) is 13.0 Å². The Morgan fingerprint density at radius 2 is 1.73 bits per heavy atom. The topological polar surface area (TPSA) is 38.3 Å². The van der Waals surface area contributed by atoms with Crippen molar-refractivity contribution in [2.24, 2.45) is 0 Å². The Kier molecular flexibility index (Phi) is 4.35. The van der Waals surface area contributed by atoms with Gasteiger partial charge >= 0.3 is 6.18 Å². The number of benzene rings is 2. The fourth-order valence-corrected chi connectivity index (χ4v) is 1.86. The van der Waals surface area contributed by atoms with Crippen molar-refractivity contribution in [3.8, 4) is 5.75 Å². The second-order valence-electron chi connectivity index (χ2n) is 4.34. The molecule has 0 unspecified atom stereocenters. The summed E-state index contributed by atoms with van der Waals surface area (Å²) in [6.45, 7) is 0. The van der Waals surface area contributed by atoms with Gasteiger partial charge in [-0.1, -0.05) is 6.07 Å². The van der Waals surface area contributed by atoms with Gasteiger partial charge in [-0.15, -0.1) is 0 Å². The zero-order chi connectivity index (χ0) is 16.3. The Bertz CT molecular complexity index is 681. The minimum atomic E-state index is -4.82. The van der Waals surface area contributed by atoms with Gasteiger partial charge in [0.05, 0.1) is 18.2 Å². The van der Waals surface area contributed by atoms with Crippen molar-refractivity contribution in [3.63, 3.8) is 0 Å². The number of carbonyl (C=O) groups is 1. The predicted octanol–water partition coefficient (Wildman–Crippen LogP) is 4.11. The minimum absolute atomic E-state index is 0.224. The first-order valence-electron chi connectivity index (χ1n) is 6.14. The summed E-state index contributed by atoms with van der Waals surface area (Å²) >= 11 is 0. The van der Waals surface area contributed by atoms with Crippen LogP contribution in [0, 0.1) is 5.82 Å². The largest absolute Gasteiger partial charge is 0.497 e. The lowest BCUT2D eigenvalue weighted by Crippen LogP contribution is -2.20. The third kappa shape index (κ3) is 3.36. The van der Waals surface area contributed by atoms with E-state index in [1.165, 1.54) is 31.4 Å². The van der Waals surface area contributed by atoms with Crippen molar-refractivity contribution in [1.82, 2.24) is 0 Å². The number of hydrogen-bond donors (Lipinski definition) is 1. The highest BCUT2D eigenvalue weighted by Gasteiger charge is 2.36. The molecule has 0 bridgehead atoms. The molecule has 0 heterocycles. The van der Waals surface area contributed by atoms with Crippen LogP contribution >= 0.6 is 0 Å². The lowest BCUT2D eigenvalue weighted by molar-refractivity contribution is -0.138. The van der Waals surface area contributed by atoms with Gasteiger partial charge in [0.25, 0.3) is 5.91 Å². The summed E-state index contributed by atoms with van der Waals surface area (Å²) in [5.41, 5.74) is -2.13. The Balaban J connectivity index is 2.33. The lowest BCUT2D eigenvalue weighted by atomic mass is 10.1. The van der Waals surface area contributed by atoms with Crippen molar-refractivity contribution in [2.75, 3.05) is 12.4 Å². The van der Waals surface area contributed by atoms with Crippen LogP contribution in [0.1, 0.15) is 15.9 Å². The van der Waals surface area contributed by atoms with Gasteiger partial charge in [0.1, 0.15) is 11.6 Å². The molecule has 2 rings (SSSR count). The van der Waals surface area contributed by atoms with Gasteiger partial charge in [-0.25, -0.2) is 4.39 Å². The number of amides is 1. The second-order valence-corrected chi connectivity index (χ2v) is 4.34. The molecule has 2 aromatic carbocycles. The molecule has 0 atom stereocenters. The van der Waals surface area contributed by atoms with Gasteiger partial charge in [-0.05, 0) is 36.4 Å². The Hall–Kier alpha value is -2.57. The highest BCUT2D eigenvalue weighted by molar-refractivity contribution is 6.05. The first-order valence-corrected chi connectivity index (χ1v) is 6.14. The van der Waals surface area contributed by atoms with E-state index in [9.17, 15) is 22.4 Å². The highest BCUT2D eigenvalue weighted by Crippen LogP contribution is 2.33. The SMILES string of the molecule is COc1ccc(NC(=O)c2c(F)cccc2C(F)(F)F)cc1. The van der Waals surface area contributed by atoms with Crippen LogP contribution in [0.15, 0.2) is 42.5 Å². The van der Waals surface area contributed by atoms with Crippen LogP contribution in [-0.2, 0) is 6.18 Å². The first kappa shape index (κ1) is 15.8. The maximum atomic E-state index is 13.7. The Morgan fingerprint density at radius 1 is 1.09 bits per heavy atom. The molecule has 22 heavy (non-hydrogen) atoms. The fourth-order valence-electron chi connectivity index (χ4n) is 1.86. The van der Waals surface area contributed by atoms with Gasteiger partial charge in [-0.2, -0.15) is 13.2 Å². The molecular formula is C15H11F4NO2. The van der Waals surface area contributed by atoms with Crippen LogP contribution in [0.4, 0.5) is 23.2 Å². The number of methoxy groups -OCH3 is 1. The number of halogens is 4. The van der Waals surface area contributed by atoms with Crippen molar-refractivity contribution < 1.29 is 27.1 Å². The molecule has 7 heteroatoms. The van der Waals surface area contributed by atoms with Crippen LogP contribution in [0.2, 0.25) is 0 Å². The van der Waals surface area contributed by atoms with E-state index in [1.54, 1.807) is 0 Å². The predicted molar refractivity (Wildman–Crippen MR) is 72.3 cm³/mol. The molecule has 116 valence electrons. The standard InChI is InChI=1S/C15H11F4NO2/c1-22-10-7-5-9(6-8-10)20-14(21)13-11(15(17,18)19)3-2-4-12(13)16/h2-8H,1H3,(H,20,21). The van der Waals surface area contributed by atoms with E-state index in [0.717, 1.165) is 12.1 Å². The molecule has 0 aromatic heterocycles. The van der Waals surface area contributed by atoms with Crippen molar-refractivity contribution in [2.45, 2.75) is 6.18 Å². The van der Waals surface area contributed by atoms with Crippen LogP contribution in [0.25, 0.3) is 0 Å². The molecule has 0 saturated carbocycles. The third-order valence-electron chi connectivity index (χ3n) is 2.89. The average Bonchev–Trinajstić information content (AvgIpc) is 2.46. The van der Waals surface area contributed by atoms with Crippen molar-refractivity contribution in [3.05, 3.63) is 59.4 Å². The van der Waals surface area contributed by atoms with Crippen LogP contribution in [0.3, 0.4) is 0 Å². The summed E-state index contributed by atoms with van der Waals surface area (Å²) in [6, 6.07) is 8.27. The zero-order valence-electron chi connectivity index (χ0n) is 11.4. The number of hydrogen-bond acceptors (Lipinski definition) is 2. The summed E-state index contributed by atoms with van der Waals surface area (Å²) < 4.78 is 57.2. The highest BCUT2D eigenvalue weighted by atomic mass is 19.4. The van der Waals surface area contributed by atoms with Gasteiger partial charge in [0.15, 0.2) is 0 Å². The van der Waals surface area contributed by atoms with Gasteiger partial charge in [0, 0.05) is 5.69 Å². The monoisotopic (exact) mass is 313 g/mol. The molecule has 0 fully saturated rings. The smallest absolute Gasteiger partial charge is 0.417 e. The van der Waals surface area contributed by atoms with E-state index in [-0.39, 0.29) is 5.69 Å². The molecule has 0 radical (unpaired) electrons. The van der Waals surface area contributed by atoms with Crippen molar-refractivity contribution in [1.29, 1.82) is 0 Å². The number of nitrogens with one attached hydrogen (secondary N) is 1. The minimum Gasteiger partial charge on any atom is -0.497 e. The number of rotatable bonds is 3. The van der Waals surface area contributed by atoms with E-state index in [2.05, 4.69) is 5.32 Å². The van der Waals surface area contributed by atoms with Gasteiger partial charge in [0.2, 0.25) is 0 Å². The number of alkyl halides is 3. The number of ether oxygens (including phenoxy) is 1. The van der Waals surface area contributed by atoms with E-state index in [0.29, 0.717) is 11.8 Å². The van der Waals surface area contributed by atoms with Crippen LogP contribution < -0.4 is 10.1 Å². The molecular weight excluding hydrogens is 302 g/mol. The average molecular weight is 313 g/mol. The van der Waals surface area contributed by atoms with E-state index in [1.807, 2.05) is 0 Å².